The van der Waals surface area contributed by atoms with Crippen molar-refractivity contribution in [1.29, 1.82) is 0 Å². The molecule has 0 aromatic heterocycles. The van der Waals surface area contributed by atoms with E-state index in [-0.39, 0.29) is 0 Å². The fraction of sp³-hybridized carbons (Fsp3) is 0.818. The maximum absolute atomic E-state index is 11.9. The monoisotopic (exact) mass is 216 g/mol. The van der Waals surface area contributed by atoms with Crippen molar-refractivity contribution in [3.8, 4) is 0 Å². The van der Waals surface area contributed by atoms with Crippen LogP contribution in [-0.4, -0.2) is 11.1 Å². The van der Waals surface area contributed by atoms with Gasteiger partial charge in [-0.3, -0.25) is 4.57 Å². The molecule has 3 heteroatoms. The Morgan fingerprint density at radius 3 is 2.79 bits per heavy atom. The van der Waals surface area contributed by atoms with E-state index in [4.69, 9.17) is 0 Å². The fourth-order valence-corrected chi connectivity index (χ4v) is 3.72. The highest BCUT2D eigenvalue weighted by Crippen LogP contribution is 2.53. The van der Waals surface area contributed by atoms with E-state index in [1.807, 2.05) is 6.08 Å². The summed E-state index contributed by atoms with van der Waals surface area (Å²) in [4.78, 5) is 9.85. The molecule has 1 atom stereocenters. The molecule has 0 aliphatic heterocycles. The molecule has 0 saturated heterocycles. The quantitative estimate of drug-likeness (QED) is 0.559. The number of rotatable bonds is 5. The zero-order chi connectivity index (χ0) is 10.4. The predicted molar refractivity (Wildman–Crippen MR) is 60.8 cm³/mol. The van der Waals surface area contributed by atoms with Crippen LogP contribution in [-0.2, 0) is 4.57 Å². The minimum Gasteiger partial charge on any atom is -0.341 e. The standard InChI is InChI=1S/C11H21O2P/c1-2-3-7-10-14(12,13)11-8-5-4-6-9-11/h8H,2-7,9-10H2,1H3,(H,12,13). The summed E-state index contributed by atoms with van der Waals surface area (Å²) in [6.45, 7) is 2.11. The number of allylic oxidation sites excluding steroid dienone is 2. The zero-order valence-electron chi connectivity index (χ0n) is 9.04. The van der Waals surface area contributed by atoms with Gasteiger partial charge in [0.05, 0.1) is 0 Å². The Morgan fingerprint density at radius 2 is 2.21 bits per heavy atom. The molecule has 82 valence electrons. The number of hydrogen-bond donors (Lipinski definition) is 1. The first-order valence-electron chi connectivity index (χ1n) is 5.68. The molecular formula is C11H21O2P. The Balaban J connectivity index is 2.46. The third-order valence-electron chi connectivity index (χ3n) is 2.78. The zero-order valence-corrected chi connectivity index (χ0v) is 9.93. The van der Waals surface area contributed by atoms with Crippen LogP contribution < -0.4 is 0 Å². The van der Waals surface area contributed by atoms with Gasteiger partial charge >= 0.3 is 0 Å². The van der Waals surface area contributed by atoms with Crippen LogP contribution in [0.25, 0.3) is 0 Å². The molecule has 1 unspecified atom stereocenters. The van der Waals surface area contributed by atoms with Crippen molar-refractivity contribution < 1.29 is 9.46 Å². The van der Waals surface area contributed by atoms with Crippen LogP contribution in [0.2, 0.25) is 0 Å². The molecule has 0 radical (unpaired) electrons. The van der Waals surface area contributed by atoms with Gasteiger partial charge in [0.1, 0.15) is 0 Å². The fourth-order valence-electron chi connectivity index (χ4n) is 1.86. The molecule has 0 aromatic carbocycles. The molecule has 14 heavy (non-hydrogen) atoms. The lowest BCUT2D eigenvalue weighted by Crippen LogP contribution is -1.97. The van der Waals surface area contributed by atoms with Gasteiger partial charge in [0.15, 0.2) is 0 Å². The van der Waals surface area contributed by atoms with E-state index in [2.05, 4.69) is 6.92 Å². The second-order valence-electron chi connectivity index (χ2n) is 4.07. The van der Waals surface area contributed by atoms with Gasteiger partial charge in [-0.05, 0) is 32.1 Å². The Labute approximate surface area is 86.9 Å². The van der Waals surface area contributed by atoms with Gasteiger partial charge in [-0.15, -0.1) is 0 Å². The summed E-state index contributed by atoms with van der Waals surface area (Å²) >= 11 is 0. The van der Waals surface area contributed by atoms with Gasteiger partial charge in [0.25, 0.3) is 0 Å². The van der Waals surface area contributed by atoms with Crippen molar-refractivity contribution in [3.63, 3.8) is 0 Å². The molecule has 1 aliphatic carbocycles. The van der Waals surface area contributed by atoms with Crippen LogP contribution in [0.15, 0.2) is 11.4 Å². The molecule has 0 aromatic rings. The highest BCUT2D eigenvalue weighted by Gasteiger charge is 2.24. The minimum absolute atomic E-state index is 0.493. The molecule has 1 aliphatic rings. The van der Waals surface area contributed by atoms with Crippen molar-refractivity contribution >= 4 is 7.37 Å². The lowest BCUT2D eigenvalue weighted by molar-refractivity contribution is 0.478. The van der Waals surface area contributed by atoms with Crippen molar-refractivity contribution in [3.05, 3.63) is 11.4 Å². The highest BCUT2D eigenvalue weighted by atomic mass is 31.2. The van der Waals surface area contributed by atoms with E-state index < -0.39 is 7.37 Å². The largest absolute Gasteiger partial charge is 0.341 e. The summed E-state index contributed by atoms with van der Waals surface area (Å²) in [6, 6.07) is 0. The predicted octanol–water partition coefficient (Wildman–Crippen LogP) is 3.90. The molecule has 1 N–H and O–H groups in total. The lowest BCUT2D eigenvalue weighted by Gasteiger charge is -2.18. The van der Waals surface area contributed by atoms with Crippen LogP contribution >= 0.6 is 7.37 Å². The summed E-state index contributed by atoms with van der Waals surface area (Å²) in [7, 11) is -2.94. The van der Waals surface area contributed by atoms with Gasteiger partial charge in [0, 0.05) is 11.5 Å². The van der Waals surface area contributed by atoms with E-state index >= 15 is 0 Å². The summed E-state index contributed by atoms with van der Waals surface area (Å²) in [5, 5.41) is 0.847. The van der Waals surface area contributed by atoms with Crippen LogP contribution in [0.4, 0.5) is 0 Å². The smallest absolute Gasteiger partial charge is 0.225 e. The van der Waals surface area contributed by atoms with Gasteiger partial charge in [0.2, 0.25) is 7.37 Å². The van der Waals surface area contributed by atoms with Crippen molar-refractivity contribution in [2.45, 2.75) is 51.9 Å². The second-order valence-corrected chi connectivity index (χ2v) is 6.50. The number of hydrogen-bond acceptors (Lipinski definition) is 1. The van der Waals surface area contributed by atoms with Crippen molar-refractivity contribution in [2.75, 3.05) is 6.16 Å². The van der Waals surface area contributed by atoms with Gasteiger partial charge < -0.3 is 4.89 Å². The minimum atomic E-state index is -2.94. The van der Waals surface area contributed by atoms with Crippen molar-refractivity contribution in [1.82, 2.24) is 0 Å². The molecule has 2 nitrogen and oxygen atoms in total. The first kappa shape index (κ1) is 12.0. The maximum atomic E-state index is 11.9. The van der Waals surface area contributed by atoms with Crippen LogP contribution in [0.1, 0.15) is 51.9 Å². The maximum Gasteiger partial charge on any atom is 0.225 e. The third-order valence-corrected chi connectivity index (χ3v) is 5.01. The molecule has 1 rings (SSSR count). The summed E-state index contributed by atoms with van der Waals surface area (Å²) < 4.78 is 11.9. The Morgan fingerprint density at radius 1 is 1.43 bits per heavy atom. The average Bonchev–Trinajstić information content (AvgIpc) is 2.19. The van der Waals surface area contributed by atoms with Crippen LogP contribution in [0, 0.1) is 0 Å². The molecule has 0 saturated carbocycles. The average molecular weight is 216 g/mol. The Kier molecular flexibility index (Phi) is 4.91. The van der Waals surface area contributed by atoms with E-state index in [0.29, 0.717) is 6.16 Å². The molecule has 0 fully saturated rings. The van der Waals surface area contributed by atoms with Crippen molar-refractivity contribution in [2.24, 2.45) is 0 Å². The van der Waals surface area contributed by atoms with Gasteiger partial charge in [-0.25, -0.2) is 0 Å². The Hall–Kier alpha value is -0.0700. The molecule has 0 heterocycles. The van der Waals surface area contributed by atoms with Crippen LogP contribution in [0.5, 0.6) is 0 Å². The molecule has 0 spiro atoms. The normalized spacial score (nSPS) is 21.4. The topological polar surface area (TPSA) is 37.3 Å². The summed E-state index contributed by atoms with van der Waals surface area (Å²) in [6.07, 6.45) is 9.66. The third kappa shape index (κ3) is 3.59. The second kappa shape index (κ2) is 5.72. The first-order chi connectivity index (χ1) is 6.67. The van der Waals surface area contributed by atoms with Gasteiger partial charge in [-0.1, -0.05) is 25.8 Å². The SMILES string of the molecule is CCCCCP(=O)(O)C1=CCCCC1. The van der Waals surface area contributed by atoms with E-state index in [0.717, 1.165) is 43.8 Å². The van der Waals surface area contributed by atoms with Crippen LogP contribution in [0.3, 0.4) is 0 Å². The summed E-state index contributed by atoms with van der Waals surface area (Å²) in [5.41, 5.74) is 0. The summed E-state index contributed by atoms with van der Waals surface area (Å²) in [5.74, 6) is 0. The lowest BCUT2D eigenvalue weighted by atomic mass is 10.1. The van der Waals surface area contributed by atoms with Gasteiger partial charge in [-0.2, -0.15) is 0 Å². The molecule has 0 bridgehead atoms. The van der Waals surface area contributed by atoms with E-state index in [1.54, 1.807) is 0 Å². The van der Waals surface area contributed by atoms with E-state index in [9.17, 15) is 9.46 Å². The van der Waals surface area contributed by atoms with E-state index in [1.165, 1.54) is 6.42 Å². The highest BCUT2D eigenvalue weighted by molar-refractivity contribution is 7.62. The first-order valence-corrected chi connectivity index (χ1v) is 7.52. The molecular weight excluding hydrogens is 195 g/mol. The molecule has 0 amide bonds. The number of unbranched alkanes of at least 4 members (excludes halogenated alkanes) is 2. The Bertz CT molecular complexity index is 246.